The quantitative estimate of drug-likeness (QED) is 0.703. The van der Waals surface area contributed by atoms with Gasteiger partial charge in [-0.25, -0.2) is 9.18 Å². The first-order valence-electron chi connectivity index (χ1n) is 7.84. The molecule has 1 fully saturated rings. The maximum Gasteiger partial charge on any atom is 0.321 e. The van der Waals surface area contributed by atoms with Gasteiger partial charge in [0, 0.05) is 26.2 Å². The van der Waals surface area contributed by atoms with Crippen LogP contribution < -0.4 is 16.0 Å². The predicted molar refractivity (Wildman–Crippen MR) is 93.9 cm³/mol. The lowest BCUT2D eigenvalue weighted by Crippen LogP contribution is -2.47. The number of anilines is 1. The largest absolute Gasteiger partial charge is 0.355 e. The normalized spacial score (nSPS) is 16.9. The number of likely N-dealkylation sites (N-methyl/N-ethyl adjacent to an activating group) is 1. The monoisotopic (exact) mass is 358 g/mol. The van der Waals surface area contributed by atoms with E-state index in [2.05, 4.69) is 16.0 Å². The number of amides is 3. The van der Waals surface area contributed by atoms with Gasteiger partial charge in [0.15, 0.2) is 0 Å². The summed E-state index contributed by atoms with van der Waals surface area (Å²) in [5, 5.41) is 8.37. The summed E-state index contributed by atoms with van der Waals surface area (Å²) in [4.78, 5) is 25.9. The number of hydrogen-bond acceptors (Lipinski definition) is 3. The molecule has 134 valence electrons. The first-order valence-corrected chi connectivity index (χ1v) is 7.84. The summed E-state index contributed by atoms with van der Waals surface area (Å²) in [6, 6.07) is 5.66. The van der Waals surface area contributed by atoms with Crippen LogP contribution in [0.25, 0.3) is 0 Å². The van der Waals surface area contributed by atoms with Gasteiger partial charge in [0.1, 0.15) is 5.82 Å². The molecular formula is C16H24ClFN4O2. The number of carbonyl (C=O) groups is 2. The highest BCUT2D eigenvalue weighted by Crippen LogP contribution is 2.19. The second kappa shape index (κ2) is 10.1. The van der Waals surface area contributed by atoms with Crippen molar-refractivity contribution in [1.82, 2.24) is 15.5 Å². The van der Waals surface area contributed by atoms with E-state index in [1.807, 2.05) is 7.05 Å². The summed E-state index contributed by atoms with van der Waals surface area (Å²) in [5.41, 5.74) is 0.151. The van der Waals surface area contributed by atoms with Crippen LogP contribution in [0, 0.1) is 11.7 Å². The highest BCUT2D eigenvalue weighted by atomic mass is 35.5. The van der Waals surface area contributed by atoms with Crippen LogP contribution in [0.4, 0.5) is 14.9 Å². The second-order valence-corrected chi connectivity index (χ2v) is 5.59. The minimum Gasteiger partial charge on any atom is -0.355 e. The fraction of sp³-hybridized carbons (Fsp3) is 0.500. The molecule has 1 aromatic carbocycles. The summed E-state index contributed by atoms with van der Waals surface area (Å²) in [7, 11) is 1.82. The number of hydrogen-bond donors (Lipinski definition) is 3. The Labute approximate surface area is 147 Å². The van der Waals surface area contributed by atoms with Crippen LogP contribution in [0.15, 0.2) is 24.3 Å². The van der Waals surface area contributed by atoms with E-state index in [4.69, 9.17) is 0 Å². The zero-order chi connectivity index (χ0) is 16.7. The maximum atomic E-state index is 13.6. The Morgan fingerprint density at radius 2 is 2.04 bits per heavy atom. The summed E-state index contributed by atoms with van der Waals surface area (Å²) in [5.74, 6) is -0.727. The van der Waals surface area contributed by atoms with E-state index in [-0.39, 0.29) is 36.0 Å². The number of piperidine rings is 1. The molecule has 1 saturated heterocycles. The van der Waals surface area contributed by atoms with Gasteiger partial charge in [-0.05, 0) is 32.0 Å². The van der Waals surface area contributed by atoms with Crippen LogP contribution in [0.1, 0.15) is 12.8 Å². The third-order valence-electron chi connectivity index (χ3n) is 3.87. The van der Waals surface area contributed by atoms with Crippen molar-refractivity contribution >= 4 is 30.0 Å². The third kappa shape index (κ3) is 5.65. The van der Waals surface area contributed by atoms with Crippen molar-refractivity contribution in [2.75, 3.05) is 38.5 Å². The Morgan fingerprint density at radius 1 is 1.29 bits per heavy atom. The van der Waals surface area contributed by atoms with Crippen LogP contribution in [0.3, 0.4) is 0 Å². The van der Waals surface area contributed by atoms with Crippen molar-refractivity contribution < 1.29 is 14.0 Å². The van der Waals surface area contributed by atoms with Gasteiger partial charge in [0.05, 0.1) is 11.6 Å². The molecule has 1 atom stereocenters. The van der Waals surface area contributed by atoms with Crippen LogP contribution in [0.5, 0.6) is 0 Å². The van der Waals surface area contributed by atoms with E-state index in [9.17, 15) is 14.0 Å². The standard InChI is InChI=1S/C16H23FN4O2.ClH/c1-18-8-9-19-15(22)12-5-4-10-21(11-12)16(23)20-14-7-3-2-6-13(14)17;/h2-3,6-7,12,18H,4-5,8-11H2,1H3,(H,19,22)(H,20,23);1H. The summed E-state index contributed by atoms with van der Waals surface area (Å²) in [6.07, 6.45) is 1.52. The van der Waals surface area contributed by atoms with Crippen molar-refractivity contribution in [3.8, 4) is 0 Å². The molecule has 2 rings (SSSR count). The zero-order valence-electron chi connectivity index (χ0n) is 13.7. The van der Waals surface area contributed by atoms with Gasteiger partial charge in [-0.2, -0.15) is 0 Å². The minimum atomic E-state index is -0.473. The lowest BCUT2D eigenvalue weighted by molar-refractivity contribution is -0.126. The fourth-order valence-corrected chi connectivity index (χ4v) is 2.59. The molecule has 3 amide bonds. The average molecular weight is 359 g/mol. The van der Waals surface area contributed by atoms with Crippen LogP contribution in [0.2, 0.25) is 0 Å². The first-order chi connectivity index (χ1) is 11.1. The number of likely N-dealkylation sites (tertiary alicyclic amines) is 1. The highest BCUT2D eigenvalue weighted by molar-refractivity contribution is 5.90. The predicted octanol–water partition coefficient (Wildman–Crippen LogP) is 1.83. The van der Waals surface area contributed by atoms with Crippen molar-refractivity contribution in [3.63, 3.8) is 0 Å². The summed E-state index contributed by atoms with van der Waals surface area (Å²) in [6.45, 7) is 2.19. The number of halogens is 2. The molecule has 6 nitrogen and oxygen atoms in total. The molecule has 0 bridgehead atoms. The SMILES string of the molecule is CNCCNC(=O)C1CCCN(C(=O)Nc2ccccc2F)C1.Cl. The van der Waals surface area contributed by atoms with E-state index in [1.165, 1.54) is 12.1 Å². The molecule has 1 heterocycles. The Kier molecular flexibility index (Phi) is 8.49. The topological polar surface area (TPSA) is 73.5 Å². The molecule has 0 radical (unpaired) electrons. The van der Waals surface area contributed by atoms with Crippen LogP contribution in [-0.4, -0.2) is 50.1 Å². The van der Waals surface area contributed by atoms with Crippen LogP contribution in [-0.2, 0) is 4.79 Å². The third-order valence-corrected chi connectivity index (χ3v) is 3.87. The average Bonchev–Trinajstić information content (AvgIpc) is 2.57. The smallest absolute Gasteiger partial charge is 0.321 e. The van der Waals surface area contributed by atoms with Crippen molar-refractivity contribution in [2.45, 2.75) is 12.8 Å². The molecule has 3 N–H and O–H groups in total. The van der Waals surface area contributed by atoms with Gasteiger partial charge in [-0.15, -0.1) is 12.4 Å². The molecule has 1 aliphatic heterocycles. The molecule has 1 aliphatic rings. The number of nitrogens with zero attached hydrogens (tertiary/aromatic N) is 1. The molecule has 0 spiro atoms. The Morgan fingerprint density at radius 3 is 2.75 bits per heavy atom. The molecule has 24 heavy (non-hydrogen) atoms. The number of urea groups is 1. The summed E-state index contributed by atoms with van der Waals surface area (Å²) >= 11 is 0. The van der Waals surface area contributed by atoms with E-state index in [1.54, 1.807) is 17.0 Å². The van der Waals surface area contributed by atoms with Crippen molar-refractivity contribution in [2.24, 2.45) is 5.92 Å². The molecule has 0 saturated carbocycles. The number of benzene rings is 1. The number of rotatable bonds is 5. The number of carbonyl (C=O) groups excluding carboxylic acids is 2. The maximum absolute atomic E-state index is 13.6. The van der Waals surface area contributed by atoms with Gasteiger partial charge in [0.25, 0.3) is 0 Å². The fourth-order valence-electron chi connectivity index (χ4n) is 2.59. The zero-order valence-corrected chi connectivity index (χ0v) is 14.5. The molecule has 1 aromatic rings. The van der Waals surface area contributed by atoms with Gasteiger partial charge in [0.2, 0.25) is 5.91 Å². The van der Waals surface area contributed by atoms with E-state index < -0.39 is 5.82 Å². The lowest BCUT2D eigenvalue weighted by atomic mass is 9.97. The minimum absolute atomic E-state index is 0. The summed E-state index contributed by atoms with van der Waals surface area (Å²) < 4.78 is 13.6. The molecule has 0 aliphatic carbocycles. The van der Waals surface area contributed by atoms with Crippen molar-refractivity contribution in [3.05, 3.63) is 30.1 Å². The Hall–Kier alpha value is -1.86. The molecule has 0 aromatic heterocycles. The van der Waals surface area contributed by atoms with Gasteiger partial charge >= 0.3 is 6.03 Å². The van der Waals surface area contributed by atoms with Gasteiger partial charge in [-0.1, -0.05) is 12.1 Å². The molecule has 1 unspecified atom stereocenters. The molecule has 8 heteroatoms. The number of nitrogens with one attached hydrogen (secondary N) is 3. The number of para-hydroxylation sites is 1. The van der Waals surface area contributed by atoms with Crippen molar-refractivity contribution in [1.29, 1.82) is 0 Å². The first kappa shape index (κ1) is 20.2. The van der Waals surface area contributed by atoms with E-state index in [0.717, 1.165) is 12.8 Å². The lowest BCUT2D eigenvalue weighted by Gasteiger charge is -2.32. The van der Waals surface area contributed by atoms with Crippen LogP contribution >= 0.6 is 12.4 Å². The molecular weight excluding hydrogens is 335 g/mol. The Bertz CT molecular complexity index is 559. The van der Waals surface area contributed by atoms with Gasteiger partial charge in [-0.3, -0.25) is 4.79 Å². The van der Waals surface area contributed by atoms with E-state index >= 15 is 0 Å². The van der Waals surface area contributed by atoms with E-state index in [0.29, 0.717) is 26.2 Å². The highest BCUT2D eigenvalue weighted by Gasteiger charge is 2.28. The second-order valence-electron chi connectivity index (χ2n) is 5.59. The van der Waals surface area contributed by atoms with Gasteiger partial charge < -0.3 is 20.9 Å². The Balaban J connectivity index is 0.00000288.